The Morgan fingerprint density at radius 3 is 2.68 bits per heavy atom. The number of carbonyl (C=O) groups excluding carboxylic acids is 1. The van der Waals surface area contributed by atoms with Gasteiger partial charge in [-0.15, -0.1) is 0 Å². The van der Waals surface area contributed by atoms with Gasteiger partial charge in [0.05, 0.1) is 12.0 Å². The first kappa shape index (κ1) is 19.4. The largest absolute Gasteiger partial charge is 0.493 e. The maximum atomic E-state index is 12.4. The van der Waals surface area contributed by atoms with Crippen LogP contribution in [0.5, 0.6) is 11.5 Å². The number of hydrogen-bond acceptors (Lipinski definition) is 7. The molecular formula is C18H18N4O5S. The third kappa shape index (κ3) is 4.29. The molecule has 28 heavy (non-hydrogen) atoms. The number of nitrogens with one attached hydrogen (secondary N) is 2. The predicted molar refractivity (Wildman–Crippen MR) is 102 cm³/mol. The summed E-state index contributed by atoms with van der Waals surface area (Å²) < 4.78 is 37.4. The number of sulfonamides is 1. The number of hydrogen-bond donors (Lipinski definition) is 2. The number of methoxy groups -OCH3 is 1. The Kier molecular flexibility index (Phi) is 5.59. The highest BCUT2D eigenvalue weighted by atomic mass is 32.2. The highest BCUT2D eigenvalue weighted by Gasteiger charge is 2.19. The zero-order valence-corrected chi connectivity index (χ0v) is 16.0. The van der Waals surface area contributed by atoms with Crippen molar-refractivity contribution in [3.05, 3.63) is 48.0 Å². The minimum absolute atomic E-state index is 0.101. The lowest BCUT2D eigenvalue weighted by molar-refractivity contribution is -0.121. The van der Waals surface area contributed by atoms with E-state index in [1.54, 1.807) is 18.2 Å². The maximum Gasteiger partial charge on any atom is 0.271 e. The summed E-state index contributed by atoms with van der Waals surface area (Å²) in [7, 11) is -2.59. The summed E-state index contributed by atoms with van der Waals surface area (Å²) in [6, 6.07) is 9.33. The van der Waals surface area contributed by atoms with Crippen molar-refractivity contribution in [2.24, 2.45) is 0 Å². The average molecular weight is 402 g/mol. The van der Waals surface area contributed by atoms with E-state index in [9.17, 15) is 13.2 Å². The molecule has 0 aliphatic rings. The number of amides is 1. The molecule has 0 saturated carbocycles. The number of aromatic nitrogens is 3. The number of benzene rings is 2. The molecule has 0 bridgehead atoms. The molecule has 0 saturated heterocycles. The van der Waals surface area contributed by atoms with E-state index in [1.807, 2.05) is 23.8 Å². The SMILES string of the molecule is CC=Cc1ccc(OCC(=O)NS(=O)(=O)c2ccc3n[nH]nc3c2)c(OC)c1. The minimum atomic E-state index is -4.06. The highest BCUT2D eigenvalue weighted by molar-refractivity contribution is 7.90. The lowest BCUT2D eigenvalue weighted by atomic mass is 10.2. The summed E-state index contributed by atoms with van der Waals surface area (Å²) in [5, 5.41) is 10.1. The molecule has 0 spiro atoms. The average Bonchev–Trinajstić information content (AvgIpc) is 3.14. The zero-order chi connectivity index (χ0) is 20.1. The number of carbonyl (C=O) groups is 1. The van der Waals surface area contributed by atoms with Crippen LogP contribution in [0.25, 0.3) is 17.1 Å². The topological polar surface area (TPSA) is 123 Å². The molecule has 0 fully saturated rings. The Morgan fingerprint density at radius 1 is 1.14 bits per heavy atom. The van der Waals surface area contributed by atoms with E-state index in [-0.39, 0.29) is 4.90 Å². The van der Waals surface area contributed by atoms with Crippen molar-refractivity contribution >= 4 is 33.0 Å². The summed E-state index contributed by atoms with van der Waals surface area (Å²) in [5.74, 6) is -0.0603. The molecule has 1 amide bonds. The van der Waals surface area contributed by atoms with Gasteiger partial charge >= 0.3 is 0 Å². The molecule has 9 nitrogen and oxygen atoms in total. The highest BCUT2D eigenvalue weighted by Crippen LogP contribution is 2.28. The van der Waals surface area contributed by atoms with Crippen LogP contribution in [0.1, 0.15) is 12.5 Å². The van der Waals surface area contributed by atoms with Crippen LogP contribution in [0.15, 0.2) is 47.4 Å². The standard InChI is InChI=1S/C18H18N4O5S/c1-3-4-12-5-8-16(17(9-12)26-2)27-11-18(23)21-28(24,25)13-6-7-14-15(10-13)20-22-19-14/h3-10H,11H2,1-2H3,(H,21,23)(H,19,20,22). The first-order valence-corrected chi connectivity index (χ1v) is 9.71. The maximum absolute atomic E-state index is 12.4. The molecular weight excluding hydrogens is 384 g/mol. The van der Waals surface area contributed by atoms with E-state index < -0.39 is 22.5 Å². The number of aromatic amines is 1. The van der Waals surface area contributed by atoms with Crippen molar-refractivity contribution in [3.8, 4) is 11.5 Å². The van der Waals surface area contributed by atoms with Crippen LogP contribution in [0.3, 0.4) is 0 Å². The van der Waals surface area contributed by atoms with Gasteiger partial charge in [0.15, 0.2) is 18.1 Å². The van der Waals surface area contributed by atoms with E-state index in [0.29, 0.717) is 22.5 Å². The number of fused-ring (bicyclic) bond motifs is 1. The predicted octanol–water partition coefficient (Wildman–Crippen LogP) is 1.88. The molecule has 0 unspecified atom stereocenters. The third-order valence-electron chi connectivity index (χ3n) is 3.75. The Balaban J connectivity index is 1.68. The summed E-state index contributed by atoms with van der Waals surface area (Å²) in [5.41, 5.74) is 1.79. The van der Waals surface area contributed by atoms with Crippen molar-refractivity contribution in [3.63, 3.8) is 0 Å². The van der Waals surface area contributed by atoms with Crippen molar-refractivity contribution in [2.45, 2.75) is 11.8 Å². The van der Waals surface area contributed by atoms with Crippen molar-refractivity contribution in [1.29, 1.82) is 0 Å². The van der Waals surface area contributed by atoms with Gasteiger partial charge < -0.3 is 9.47 Å². The smallest absolute Gasteiger partial charge is 0.271 e. The minimum Gasteiger partial charge on any atom is -0.493 e. The number of nitrogens with zero attached hydrogens (tertiary/aromatic N) is 2. The number of H-pyrrole nitrogens is 1. The number of rotatable bonds is 7. The first-order chi connectivity index (χ1) is 13.4. The van der Waals surface area contributed by atoms with Gasteiger partial charge in [-0.2, -0.15) is 15.4 Å². The van der Waals surface area contributed by atoms with Gasteiger partial charge in [-0.1, -0.05) is 18.2 Å². The van der Waals surface area contributed by atoms with Crippen molar-refractivity contribution in [2.75, 3.05) is 13.7 Å². The summed E-state index contributed by atoms with van der Waals surface area (Å²) in [6.45, 7) is 1.40. The fraction of sp³-hybridized carbons (Fsp3) is 0.167. The van der Waals surface area contributed by atoms with Crippen molar-refractivity contribution < 1.29 is 22.7 Å². The van der Waals surface area contributed by atoms with Crippen LogP contribution in [0, 0.1) is 0 Å². The third-order valence-corrected chi connectivity index (χ3v) is 5.12. The van der Waals surface area contributed by atoms with Gasteiger partial charge in [0.25, 0.3) is 15.9 Å². The van der Waals surface area contributed by atoms with Crippen LogP contribution in [0.4, 0.5) is 0 Å². The van der Waals surface area contributed by atoms with Gasteiger partial charge in [-0.25, -0.2) is 13.1 Å². The molecule has 0 radical (unpaired) electrons. The Bertz CT molecular complexity index is 1140. The first-order valence-electron chi connectivity index (χ1n) is 8.22. The Hall–Kier alpha value is -3.40. The Labute approximate surface area is 161 Å². The molecule has 10 heteroatoms. The summed E-state index contributed by atoms with van der Waals surface area (Å²) >= 11 is 0. The molecule has 2 aromatic carbocycles. The van der Waals surface area contributed by atoms with Gasteiger partial charge in [-0.3, -0.25) is 4.79 Å². The molecule has 0 atom stereocenters. The molecule has 0 aliphatic heterocycles. The van der Waals surface area contributed by atoms with Gasteiger partial charge in [-0.05, 0) is 42.8 Å². The fourth-order valence-corrected chi connectivity index (χ4v) is 3.46. The van der Waals surface area contributed by atoms with Crippen LogP contribution in [-0.2, 0) is 14.8 Å². The van der Waals surface area contributed by atoms with Crippen LogP contribution in [-0.4, -0.2) is 43.5 Å². The second kappa shape index (κ2) is 8.09. The number of allylic oxidation sites excluding steroid dienone is 1. The molecule has 2 N–H and O–H groups in total. The van der Waals surface area contributed by atoms with E-state index in [0.717, 1.165) is 5.56 Å². The normalized spacial score (nSPS) is 11.6. The lowest BCUT2D eigenvalue weighted by Crippen LogP contribution is -2.34. The van der Waals surface area contributed by atoms with E-state index >= 15 is 0 Å². The van der Waals surface area contributed by atoms with Gasteiger partial charge in [0.2, 0.25) is 0 Å². The van der Waals surface area contributed by atoms with Crippen LogP contribution >= 0.6 is 0 Å². The van der Waals surface area contributed by atoms with Gasteiger partial charge in [0, 0.05) is 0 Å². The lowest BCUT2D eigenvalue weighted by Gasteiger charge is -2.12. The summed E-state index contributed by atoms with van der Waals surface area (Å²) in [6.07, 6.45) is 3.77. The molecule has 1 aromatic heterocycles. The second-order valence-corrected chi connectivity index (χ2v) is 7.38. The quantitative estimate of drug-likeness (QED) is 0.618. The monoisotopic (exact) mass is 402 g/mol. The molecule has 146 valence electrons. The van der Waals surface area contributed by atoms with E-state index in [2.05, 4.69) is 15.4 Å². The zero-order valence-electron chi connectivity index (χ0n) is 15.2. The van der Waals surface area contributed by atoms with Crippen LogP contribution in [0.2, 0.25) is 0 Å². The summed E-state index contributed by atoms with van der Waals surface area (Å²) in [4.78, 5) is 12.0. The van der Waals surface area contributed by atoms with Crippen LogP contribution < -0.4 is 14.2 Å². The van der Waals surface area contributed by atoms with Gasteiger partial charge in [0.1, 0.15) is 11.0 Å². The second-order valence-electron chi connectivity index (χ2n) is 5.70. The molecule has 1 heterocycles. The molecule has 0 aliphatic carbocycles. The van der Waals surface area contributed by atoms with Crippen molar-refractivity contribution in [1.82, 2.24) is 20.1 Å². The Morgan fingerprint density at radius 2 is 1.93 bits per heavy atom. The fourth-order valence-electron chi connectivity index (χ4n) is 2.47. The van der Waals surface area contributed by atoms with E-state index in [4.69, 9.17) is 9.47 Å². The molecule has 3 rings (SSSR count). The molecule has 3 aromatic rings. The van der Waals surface area contributed by atoms with E-state index in [1.165, 1.54) is 25.3 Å². The number of ether oxygens (including phenoxy) is 2.